The molecule has 0 aromatic heterocycles. The number of carbonyl (C=O) groups is 1. The van der Waals surface area contributed by atoms with Gasteiger partial charge in [-0.15, -0.1) is 0 Å². The zero-order chi connectivity index (χ0) is 13.9. The number of piperidine rings is 1. The molecule has 110 valence electrons. The van der Waals surface area contributed by atoms with E-state index in [0.29, 0.717) is 5.41 Å². The molecule has 0 bridgehead atoms. The van der Waals surface area contributed by atoms with E-state index < -0.39 is 0 Å². The quantitative estimate of drug-likeness (QED) is 0.847. The van der Waals surface area contributed by atoms with Crippen molar-refractivity contribution < 1.29 is 4.79 Å². The first-order valence-corrected chi connectivity index (χ1v) is 7.72. The van der Waals surface area contributed by atoms with E-state index >= 15 is 0 Å². The highest BCUT2D eigenvalue weighted by Crippen LogP contribution is 2.34. The standard InChI is InChI=1S/C15H29N3O/c1-15(2,3)13-5-10-17(11-6-13)8-4-9-18-12-7-16-14(18)19/h13H,4-12H2,1-3H3,(H,16,19). The van der Waals surface area contributed by atoms with Crippen LogP contribution < -0.4 is 5.32 Å². The normalized spacial score (nSPS) is 22.9. The molecule has 2 amide bonds. The lowest BCUT2D eigenvalue weighted by molar-refractivity contribution is 0.110. The fourth-order valence-corrected chi connectivity index (χ4v) is 3.23. The van der Waals surface area contributed by atoms with E-state index in [2.05, 4.69) is 31.0 Å². The third-order valence-electron chi connectivity index (χ3n) is 4.66. The van der Waals surface area contributed by atoms with E-state index in [-0.39, 0.29) is 6.03 Å². The summed E-state index contributed by atoms with van der Waals surface area (Å²) in [7, 11) is 0. The summed E-state index contributed by atoms with van der Waals surface area (Å²) in [5.74, 6) is 0.869. The maximum absolute atomic E-state index is 11.4. The maximum Gasteiger partial charge on any atom is 0.317 e. The summed E-state index contributed by atoms with van der Waals surface area (Å²) in [5, 5.41) is 2.85. The van der Waals surface area contributed by atoms with Gasteiger partial charge in [0, 0.05) is 19.6 Å². The minimum absolute atomic E-state index is 0.117. The van der Waals surface area contributed by atoms with E-state index in [0.717, 1.165) is 38.5 Å². The van der Waals surface area contributed by atoms with Crippen molar-refractivity contribution in [2.75, 3.05) is 39.3 Å². The first-order valence-electron chi connectivity index (χ1n) is 7.72. The zero-order valence-electron chi connectivity index (χ0n) is 12.7. The van der Waals surface area contributed by atoms with Gasteiger partial charge in [-0.25, -0.2) is 4.79 Å². The molecule has 0 saturated carbocycles. The van der Waals surface area contributed by atoms with Crippen LogP contribution in [0.2, 0.25) is 0 Å². The lowest BCUT2D eigenvalue weighted by atomic mass is 9.75. The lowest BCUT2D eigenvalue weighted by Gasteiger charge is -2.38. The van der Waals surface area contributed by atoms with Gasteiger partial charge in [-0.2, -0.15) is 0 Å². The molecule has 2 fully saturated rings. The highest BCUT2D eigenvalue weighted by molar-refractivity contribution is 5.76. The second kappa shape index (κ2) is 6.12. The molecular weight excluding hydrogens is 238 g/mol. The van der Waals surface area contributed by atoms with Crippen molar-refractivity contribution in [1.29, 1.82) is 0 Å². The molecule has 0 unspecified atom stereocenters. The largest absolute Gasteiger partial charge is 0.336 e. The summed E-state index contributed by atoms with van der Waals surface area (Å²) in [6.45, 7) is 13.3. The predicted octanol–water partition coefficient (Wildman–Crippen LogP) is 2.16. The molecule has 19 heavy (non-hydrogen) atoms. The van der Waals surface area contributed by atoms with Crippen LogP contribution >= 0.6 is 0 Å². The van der Waals surface area contributed by atoms with Gasteiger partial charge in [-0.1, -0.05) is 20.8 Å². The smallest absolute Gasteiger partial charge is 0.317 e. The van der Waals surface area contributed by atoms with Gasteiger partial charge in [0.1, 0.15) is 0 Å². The number of urea groups is 1. The van der Waals surface area contributed by atoms with Gasteiger partial charge in [-0.3, -0.25) is 0 Å². The van der Waals surface area contributed by atoms with Gasteiger partial charge in [0.25, 0.3) is 0 Å². The maximum atomic E-state index is 11.4. The van der Waals surface area contributed by atoms with Gasteiger partial charge in [-0.05, 0) is 50.2 Å². The van der Waals surface area contributed by atoms with Gasteiger partial charge < -0.3 is 15.1 Å². The molecule has 0 aliphatic carbocycles. The average molecular weight is 267 g/mol. The Kier molecular flexibility index (Phi) is 4.71. The minimum atomic E-state index is 0.117. The molecule has 2 aliphatic heterocycles. The molecule has 2 rings (SSSR count). The monoisotopic (exact) mass is 267 g/mol. The fourth-order valence-electron chi connectivity index (χ4n) is 3.23. The summed E-state index contributed by atoms with van der Waals surface area (Å²) >= 11 is 0. The SMILES string of the molecule is CC(C)(C)C1CCN(CCCN2CCNC2=O)CC1. The molecule has 0 atom stereocenters. The van der Waals surface area contributed by atoms with Crippen LogP contribution in [0.4, 0.5) is 4.79 Å². The summed E-state index contributed by atoms with van der Waals surface area (Å²) < 4.78 is 0. The van der Waals surface area contributed by atoms with Crippen molar-refractivity contribution in [3.63, 3.8) is 0 Å². The van der Waals surface area contributed by atoms with Gasteiger partial charge in [0.05, 0.1) is 0 Å². The van der Waals surface area contributed by atoms with E-state index in [1.54, 1.807) is 0 Å². The Bertz CT molecular complexity index is 303. The highest BCUT2D eigenvalue weighted by Gasteiger charge is 2.28. The van der Waals surface area contributed by atoms with Crippen molar-refractivity contribution in [2.24, 2.45) is 11.3 Å². The van der Waals surface area contributed by atoms with E-state index in [9.17, 15) is 4.79 Å². The Labute approximate surface area is 117 Å². The van der Waals surface area contributed by atoms with Crippen LogP contribution in [-0.2, 0) is 0 Å². The number of nitrogens with zero attached hydrogens (tertiary/aromatic N) is 2. The van der Waals surface area contributed by atoms with Crippen molar-refractivity contribution >= 4 is 6.03 Å². The molecule has 2 heterocycles. The van der Waals surface area contributed by atoms with Crippen LogP contribution in [0.25, 0.3) is 0 Å². The number of hydrogen-bond donors (Lipinski definition) is 1. The van der Waals surface area contributed by atoms with E-state index in [1.807, 2.05) is 4.90 Å². The molecule has 0 aromatic carbocycles. The topological polar surface area (TPSA) is 35.6 Å². The van der Waals surface area contributed by atoms with Crippen LogP contribution in [0.5, 0.6) is 0 Å². The number of likely N-dealkylation sites (tertiary alicyclic amines) is 1. The molecular formula is C15H29N3O. The third-order valence-corrected chi connectivity index (χ3v) is 4.66. The second-order valence-corrected chi connectivity index (χ2v) is 7.05. The molecule has 2 aliphatic rings. The van der Waals surface area contributed by atoms with Gasteiger partial charge in [0.2, 0.25) is 0 Å². The summed E-state index contributed by atoms with van der Waals surface area (Å²) in [5.41, 5.74) is 0.458. The fraction of sp³-hybridized carbons (Fsp3) is 0.933. The van der Waals surface area contributed by atoms with Gasteiger partial charge in [0.15, 0.2) is 0 Å². The molecule has 2 saturated heterocycles. The molecule has 4 heteroatoms. The predicted molar refractivity (Wildman–Crippen MR) is 78.2 cm³/mol. The van der Waals surface area contributed by atoms with Crippen LogP contribution in [-0.4, -0.2) is 55.1 Å². The molecule has 0 spiro atoms. The summed E-state index contributed by atoms with van der Waals surface area (Å²) in [6.07, 6.45) is 3.76. The Morgan fingerprint density at radius 3 is 2.37 bits per heavy atom. The van der Waals surface area contributed by atoms with Crippen LogP contribution in [0.1, 0.15) is 40.0 Å². The lowest BCUT2D eigenvalue weighted by Crippen LogP contribution is -2.39. The number of nitrogens with one attached hydrogen (secondary N) is 1. The van der Waals surface area contributed by atoms with Crippen molar-refractivity contribution in [2.45, 2.75) is 40.0 Å². The Morgan fingerprint density at radius 2 is 1.84 bits per heavy atom. The number of hydrogen-bond acceptors (Lipinski definition) is 2. The highest BCUT2D eigenvalue weighted by atomic mass is 16.2. The van der Waals surface area contributed by atoms with Gasteiger partial charge >= 0.3 is 6.03 Å². The minimum Gasteiger partial charge on any atom is -0.336 e. The van der Waals surface area contributed by atoms with Crippen molar-refractivity contribution in [3.8, 4) is 0 Å². The summed E-state index contributed by atoms with van der Waals surface area (Å²) in [6, 6.07) is 0.117. The van der Waals surface area contributed by atoms with Crippen LogP contribution in [0.15, 0.2) is 0 Å². The first kappa shape index (κ1) is 14.6. The number of amides is 2. The Morgan fingerprint density at radius 1 is 1.16 bits per heavy atom. The second-order valence-electron chi connectivity index (χ2n) is 7.05. The van der Waals surface area contributed by atoms with Crippen LogP contribution in [0.3, 0.4) is 0 Å². The molecule has 1 N–H and O–H groups in total. The van der Waals surface area contributed by atoms with Crippen molar-refractivity contribution in [3.05, 3.63) is 0 Å². The Balaban J connectivity index is 1.62. The van der Waals surface area contributed by atoms with E-state index in [1.165, 1.54) is 25.9 Å². The summed E-state index contributed by atoms with van der Waals surface area (Å²) in [4.78, 5) is 15.9. The number of rotatable bonds is 4. The molecule has 0 aromatic rings. The third kappa shape index (κ3) is 4.10. The Hall–Kier alpha value is -0.770. The van der Waals surface area contributed by atoms with Crippen molar-refractivity contribution in [1.82, 2.24) is 15.1 Å². The average Bonchev–Trinajstić information content (AvgIpc) is 2.75. The number of carbonyl (C=O) groups excluding carboxylic acids is 1. The zero-order valence-corrected chi connectivity index (χ0v) is 12.7. The molecule has 4 nitrogen and oxygen atoms in total. The van der Waals surface area contributed by atoms with E-state index in [4.69, 9.17) is 0 Å². The van der Waals surface area contributed by atoms with Crippen LogP contribution in [0, 0.1) is 11.3 Å². The molecule has 0 radical (unpaired) electrons. The first-order chi connectivity index (χ1) is 8.97.